The lowest BCUT2D eigenvalue weighted by atomic mass is 10.1. The second-order valence-electron chi connectivity index (χ2n) is 6.30. The summed E-state index contributed by atoms with van der Waals surface area (Å²) in [6.45, 7) is 5.15. The van der Waals surface area contributed by atoms with Crippen molar-refractivity contribution in [3.05, 3.63) is 48.3 Å². The highest BCUT2D eigenvalue weighted by atomic mass is 127. The van der Waals surface area contributed by atoms with Crippen molar-refractivity contribution in [2.24, 2.45) is 4.99 Å². The van der Waals surface area contributed by atoms with Crippen molar-refractivity contribution < 1.29 is 9.13 Å². The number of aliphatic imine (C=N–C) groups is 1. The summed E-state index contributed by atoms with van der Waals surface area (Å²) in [5.74, 6) is 0.578. The van der Waals surface area contributed by atoms with Gasteiger partial charge >= 0.3 is 0 Å². The molecule has 27 heavy (non-hydrogen) atoms. The first-order valence-corrected chi connectivity index (χ1v) is 9.05. The summed E-state index contributed by atoms with van der Waals surface area (Å²) in [5, 5.41) is 3.33. The zero-order chi connectivity index (χ0) is 18.4. The van der Waals surface area contributed by atoms with Crippen LogP contribution in [0.15, 0.2) is 41.9 Å². The van der Waals surface area contributed by atoms with E-state index in [4.69, 9.17) is 4.74 Å². The van der Waals surface area contributed by atoms with Gasteiger partial charge in [0.2, 0.25) is 0 Å². The first-order valence-electron chi connectivity index (χ1n) is 9.05. The highest BCUT2D eigenvalue weighted by Crippen LogP contribution is 2.16. The summed E-state index contributed by atoms with van der Waals surface area (Å²) in [6.07, 6.45) is 7.30. The Labute approximate surface area is 176 Å². The number of rotatable bonds is 5. The van der Waals surface area contributed by atoms with Gasteiger partial charge in [0.05, 0.1) is 18.1 Å². The minimum Gasteiger partial charge on any atom is -0.378 e. The maximum Gasteiger partial charge on any atom is 0.193 e. The van der Waals surface area contributed by atoms with Gasteiger partial charge in [-0.05, 0) is 37.5 Å². The van der Waals surface area contributed by atoms with E-state index in [1.807, 2.05) is 13.0 Å². The number of guanidine groups is 1. The summed E-state index contributed by atoms with van der Waals surface area (Å²) in [7, 11) is 1.78. The number of hydrogen-bond donors (Lipinski definition) is 1. The van der Waals surface area contributed by atoms with E-state index in [2.05, 4.69) is 20.2 Å². The summed E-state index contributed by atoms with van der Waals surface area (Å²) >= 11 is 0. The van der Waals surface area contributed by atoms with Crippen LogP contribution in [0, 0.1) is 5.82 Å². The predicted octanol–water partition coefficient (Wildman–Crippen LogP) is 3.21. The Kier molecular flexibility index (Phi) is 8.49. The molecule has 2 heterocycles. The Balaban J connectivity index is 0.00000261. The Hall–Kier alpha value is -1.68. The van der Waals surface area contributed by atoms with Gasteiger partial charge in [0.1, 0.15) is 5.82 Å². The molecule has 148 valence electrons. The molecule has 1 aliphatic heterocycles. The monoisotopic (exact) mass is 487 g/mol. The van der Waals surface area contributed by atoms with Gasteiger partial charge in [-0.3, -0.25) is 4.99 Å². The molecule has 8 heteroatoms. The second kappa shape index (κ2) is 10.6. The lowest BCUT2D eigenvalue weighted by molar-refractivity contribution is 0.0263. The minimum absolute atomic E-state index is 0. The lowest BCUT2D eigenvalue weighted by Crippen LogP contribution is -2.46. The molecule has 1 aliphatic rings. The number of nitrogens with zero attached hydrogens (tertiary/aromatic N) is 4. The fraction of sp³-hybridized carbons (Fsp3) is 0.474. The Bertz CT molecular complexity index is 730. The van der Waals surface area contributed by atoms with E-state index in [9.17, 15) is 4.39 Å². The molecular weight excluding hydrogens is 460 g/mol. The quantitative estimate of drug-likeness (QED) is 0.400. The molecule has 1 saturated heterocycles. The van der Waals surface area contributed by atoms with E-state index in [0.717, 1.165) is 44.1 Å². The molecular formula is C19H27FIN5O. The highest BCUT2D eigenvalue weighted by Gasteiger charge is 2.21. The number of hydrogen-bond acceptors (Lipinski definition) is 3. The van der Waals surface area contributed by atoms with E-state index < -0.39 is 0 Å². The third-order valence-electron chi connectivity index (χ3n) is 4.60. The number of nitrogens with one attached hydrogen (secondary N) is 1. The molecule has 0 aliphatic carbocycles. The first-order chi connectivity index (χ1) is 12.7. The molecule has 0 atom stereocenters. The molecule has 1 aromatic carbocycles. The Morgan fingerprint density at radius 3 is 2.74 bits per heavy atom. The average Bonchev–Trinajstić information content (AvgIpc) is 3.18. The van der Waals surface area contributed by atoms with Crippen molar-refractivity contribution in [2.75, 3.05) is 26.7 Å². The van der Waals surface area contributed by atoms with Crippen LogP contribution in [0.25, 0.3) is 5.69 Å². The molecule has 1 N–H and O–H groups in total. The van der Waals surface area contributed by atoms with Crippen LogP contribution in [-0.4, -0.2) is 53.3 Å². The van der Waals surface area contributed by atoms with Gasteiger partial charge in [0.15, 0.2) is 5.96 Å². The van der Waals surface area contributed by atoms with Crippen molar-refractivity contribution >= 4 is 29.9 Å². The van der Waals surface area contributed by atoms with Gasteiger partial charge < -0.3 is 19.5 Å². The minimum atomic E-state index is -0.269. The fourth-order valence-corrected chi connectivity index (χ4v) is 3.25. The Morgan fingerprint density at radius 1 is 1.37 bits per heavy atom. The molecule has 1 fully saturated rings. The SMILES string of the molecule is CCOC1CCN(C(=NC)NCc2ccc(-n3ccnc3)c(F)c2)CC1.I. The van der Waals surface area contributed by atoms with Crippen molar-refractivity contribution in [1.82, 2.24) is 19.8 Å². The van der Waals surface area contributed by atoms with Crippen LogP contribution in [0.5, 0.6) is 0 Å². The molecule has 0 spiro atoms. The van der Waals surface area contributed by atoms with Crippen molar-refractivity contribution in [1.29, 1.82) is 0 Å². The molecule has 6 nitrogen and oxygen atoms in total. The average molecular weight is 487 g/mol. The number of halogens is 2. The molecule has 0 amide bonds. The van der Waals surface area contributed by atoms with Crippen LogP contribution in [0.1, 0.15) is 25.3 Å². The fourth-order valence-electron chi connectivity index (χ4n) is 3.25. The third kappa shape index (κ3) is 5.65. The zero-order valence-electron chi connectivity index (χ0n) is 15.8. The van der Waals surface area contributed by atoms with E-state index >= 15 is 0 Å². The molecule has 2 aromatic rings. The van der Waals surface area contributed by atoms with Gasteiger partial charge in [0, 0.05) is 45.7 Å². The first kappa shape index (κ1) is 21.6. The maximum atomic E-state index is 14.4. The second-order valence-corrected chi connectivity index (χ2v) is 6.30. The molecule has 0 unspecified atom stereocenters. The zero-order valence-corrected chi connectivity index (χ0v) is 18.1. The molecule has 0 saturated carbocycles. The number of piperidine rings is 1. The molecule has 1 aromatic heterocycles. The van der Waals surface area contributed by atoms with E-state index in [0.29, 0.717) is 18.3 Å². The molecule has 0 radical (unpaired) electrons. The van der Waals surface area contributed by atoms with Crippen LogP contribution in [-0.2, 0) is 11.3 Å². The van der Waals surface area contributed by atoms with Gasteiger partial charge in [0.25, 0.3) is 0 Å². The predicted molar refractivity (Wildman–Crippen MR) is 115 cm³/mol. The number of likely N-dealkylation sites (tertiary alicyclic amines) is 1. The topological polar surface area (TPSA) is 54.7 Å². The maximum absolute atomic E-state index is 14.4. The molecule has 3 rings (SSSR count). The summed E-state index contributed by atoms with van der Waals surface area (Å²) in [5.41, 5.74) is 1.37. The van der Waals surface area contributed by atoms with Crippen LogP contribution in [0.2, 0.25) is 0 Å². The van der Waals surface area contributed by atoms with Gasteiger partial charge in [-0.15, -0.1) is 24.0 Å². The van der Waals surface area contributed by atoms with Crippen LogP contribution in [0.3, 0.4) is 0 Å². The lowest BCUT2D eigenvalue weighted by Gasteiger charge is -2.34. The third-order valence-corrected chi connectivity index (χ3v) is 4.60. The van der Waals surface area contributed by atoms with Gasteiger partial charge in [-0.25, -0.2) is 9.37 Å². The van der Waals surface area contributed by atoms with Crippen LogP contribution in [0.4, 0.5) is 4.39 Å². The number of ether oxygens (including phenoxy) is 1. The summed E-state index contributed by atoms with van der Waals surface area (Å²) < 4.78 is 21.7. The van der Waals surface area contributed by atoms with E-state index in [1.54, 1.807) is 42.5 Å². The highest BCUT2D eigenvalue weighted by molar-refractivity contribution is 14.0. The molecule has 0 bridgehead atoms. The number of aromatic nitrogens is 2. The number of benzene rings is 1. The van der Waals surface area contributed by atoms with E-state index in [-0.39, 0.29) is 29.8 Å². The van der Waals surface area contributed by atoms with Gasteiger partial charge in [-0.1, -0.05) is 6.07 Å². The smallest absolute Gasteiger partial charge is 0.193 e. The summed E-state index contributed by atoms with van der Waals surface area (Å²) in [6, 6.07) is 5.24. The Morgan fingerprint density at radius 2 is 2.15 bits per heavy atom. The standard InChI is InChI=1S/C19H26FN5O.HI/c1-3-26-16-6-9-24(10-7-16)19(21-2)23-13-15-4-5-18(17(20)12-15)25-11-8-22-14-25;/h4-5,8,11-12,14,16H,3,6-7,9-10,13H2,1-2H3,(H,21,23);1H. The van der Waals surface area contributed by atoms with Gasteiger partial charge in [-0.2, -0.15) is 0 Å². The largest absolute Gasteiger partial charge is 0.378 e. The summed E-state index contributed by atoms with van der Waals surface area (Å²) in [4.78, 5) is 10.5. The van der Waals surface area contributed by atoms with Crippen molar-refractivity contribution in [2.45, 2.75) is 32.4 Å². The van der Waals surface area contributed by atoms with Crippen molar-refractivity contribution in [3.8, 4) is 5.69 Å². The van der Waals surface area contributed by atoms with Crippen LogP contribution < -0.4 is 5.32 Å². The normalized spacial score (nSPS) is 15.5. The van der Waals surface area contributed by atoms with Crippen LogP contribution >= 0.6 is 24.0 Å². The van der Waals surface area contributed by atoms with E-state index in [1.165, 1.54) is 0 Å². The van der Waals surface area contributed by atoms with Crippen molar-refractivity contribution in [3.63, 3.8) is 0 Å². The number of imidazole rings is 1.